The molecule has 10 heteroatoms. The first-order valence-electron chi connectivity index (χ1n) is 11.0. The van der Waals surface area contributed by atoms with Crippen molar-refractivity contribution in [2.75, 3.05) is 39.3 Å². The fourth-order valence-electron chi connectivity index (χ4n) is 4.49. The van der Waals surface area contributed by atoms with E-state index in [-0.39, 0.29) is 36.1 Å². The first kappa shape index (κ1) is 21.8. The van der Waals surface area contributed by atoms with Crippen LogP contribution in [0.4, 0.5) is 0 Å². The first-order chi connectivity index (χ1) is 15.0. The zero-order valence-corrected chi connectivity index (χ0v) is 18.3. The fourth-order valence-corrected chi connectivity index (χ4v) is 5.18. The Labute approximate surface area is 185 Å². The number of nitrogens with zero attached hydrogens (tertiary/aromatic N) is 2. The molecule has 2 unspecified atom stereocenters. The summed E-state index contributed by atoms with van der Waals surface area (Å²) in [6, 6.07) is 2.19. The molecule has 31 heavy (non-hydrogen) atoms. The molecule has 9 nitrogen and oxygen atoms in total. The summed E-state index contributed by atoms with van der Waals surface area (Å²) in [6.45, 7) is 3.01. The molecule has 0 aliphatic carbocycles. The van der Waals surface area contributed by atoms with Crippen molar-refractivity contribution in [2.45, 2.75) is 37.8 Å². The summed E-state index contributed by atoms with van der Waals surface area (Å²) in [5.74, 6) is -0.838. The Morgan fingerprint density at radius 1 is 1.10 bits per heavy atom. The minimum absolute atomic E-state index is 0.0297. The summed E-state index contributed by atoms with van der Waals surface area (Å²) >= 11 is 1.36. The van der Waals surface area contributed by atoms with E-state index >= 15 is 0 Å². The number of thiophene rings is 1. The maximum absolute atomic E-state index is 13.3. The third kappa shape index (κ3) is 4.90. The van der Waals surface area contributed by atoms with E-state index in [1.165, 1.54) is 11.3 Å². The highest BCUT2D eigenvalue weighted by molar-refractivity contribution is 7.12. The van der Waals surface area contributed by atoms with E-state index in [1.807, 2.05) is 11.4 Å². The summed E-state index contributed by atoms with van der Waals surface area (Å²) in [5.41, 5.74) is 0. The molecule has 3 saturated heterocycles. The van der Waals surface area contributed by atoms with Crippen molar-refractivity contribution in [3.8, 4) is 0 Å². The number of piperazine rings is 1. The maximum atomic E-state index is 13.3. The Kier molecular flexibility index (Phi) is 6.86. The molecule has 0 saturated carbocycles. The lowest BCUT2D eigenvalue weighted by Gasteiger charge is -2.42. The molecule has 0 aromatic carbocycles. The predicted octanol–water partition coefficient (Wildman–Crippen LogP) is -0.204. The van der Waals surface area contributed by atoms with Crippen LogP contribution in [0.5, 0.6) is 0 Å². The van der Waals surface area contributed by atoms with Crippen molar-refractivity contribution in [3.63, 3.8) is 0 Å². The van der Waals surface area contributed by atoms with Gasteiger partial charge in [0.2, 0.25) is 17.7 Å². The lowest BCUT2D eigenvalue weighted by molar-refractivity contribution is -0.147. The number of amides is 4. The molecule has 1 aromatic heterocycles. The largest absolute Gasteiger partial charge is 0.354 e. The Bertz CT molecular complexity index is 824. The highest BCUT2D eigenvalue weighted by Gasteiger charge is 2.40. The quantitative estimate of drug-likeness (QED) is 0.592. The number of carbonyl (C=O) groups is 4. The highest BCUT2D eigenvalue weighted by Crippen LogP contribution is 2.22. The van der Waals surface area contributed by atoms with Gasteiger partial charge in [0.15, 0.2) is 0 Å². The highest BCUT2D eigenvalue weighted by atomic mass is 32.1. The van der Waals surface area contributed by atoms with Crippen molar-refractivity contribution >= 4 is 35.0 Å². The van der Waals surface area contributed by atoms with Crippen LogP contribution in [-0.4, -0.2) is 84.8 Å². The number of hydrogen-bond donors (Lipinski definition) is 3. The Morgan fingerprint density at radius 3 is 2.61 bits per heavy atom. The molecule has 4 heterocycles. The molecule has 0 bridgehead atoms. The van der Waals surface area contributed by atoms with Gasteiger partial charge in [-0.15, -0.1) is 11.3 Å². The summed E-state index contributed by atoms with van der Waals surface area (Å²) in [7, 11) is 0. The minimum Gasteiger partial charge on any atom is -0.354 e. The van der Waals surface area contributed by atoms with Crippen LogP contribution in [0.3, 0.4) is 0 Å². The van der Waals surface area contributed by atoms with E-state index < -0.39 is 12.1 Å². The van der Waals surface area contributed by atoms with Crippen molar-refractivity contribution in [1.82, 2.24) is 25.8 Å². The molecule has 3 fully saturated rings. The molecule has 3 aliphatic heterocycles. The van der Waals surface area contributed by atoms with Crippen molar-refractivity contribution in [3.05, 3.63) is 22.4 Å². The Balaban J connectivity index is 1.50. The Morgan fingerprint density at radius 2 is 1.90 bits per heavy atom. The van der Waals surface area contributed by atoms with E-state index in [0.29, 0.717) is 30.9 Å². The minimum atomic E-state index is -0.797. The van der Waals surface area contributed by atoms with Gasteiger partial charge in [0.05, 0.1) is 11.4 Å². The summed E-state index contributed by atoms with van der Waals surface area (Å²) in [6.07, 6.45) is 2.85. The molecule has 4 amide bonds. The molecule has 2 atom stereocenters. The van der Waals surface area contributed by atoms with E-state index in [0.717, 1.165) is 32.4 Å². The van der Waals surface area contributed by atoms with Crippen LogP contribution in [0.25, 0.3) is 0 Å². The number of piperidine rings is 2. The molecule has 4 rings (SSSR count). The van der Waals surface area contributed by atoms with Crippen LogP contribution < -0.4 is 16.0 Å². The molecule has 0 spiro atoms. The van der Waals surface area contributed by atoms with E-state index in [4.69, 9.17) is 0 Å². The van der Waals surface area contributed by atoms with Crippen molar-refractivity contribution in [1.29, 1.82) is 0 Å². The van der Waals surface area contributed by atoms with Gasteiger partial charge in [0.1, 0.15) is 12.1 Å². The first-order valence-corrected chi connectivity index (χ1v) is 11.8. The molecular formula is C21H29N5O4S. The van der Waals surface area contributed by atoms with Gasteiger partial charge in [-0.05, 0) is 50.2 Å². The topological polar surface area (TPSA) is 111 Å². The molecule has 168 valence electrons. The second-order valence-electron chi connectivity index (χ2n) is 8.29. The maximum Gasteiger partial charge on any atom is 0.264 e. The summed E-state index contributed by atoms with van der Waals surface area (Å²) in [4.78, 5) is 55.4. The van der Waals surface area contributed by atoms with Crippen LogP contribution in [-0.2, 0) is 14.4 Å². The monoisotopic (exact) mass is 447 g/mol. The normalized spacial score (nSPS) is 25.1. The second kappa shape index (κ2) is 9.78. The fraction of sp³-hybridized carbons (Fsp3) is 0.619. The van der Waals surface area contributed by atoms with Gasteiger partial charge in [-0.2, -0.15) is 0 Å². The van der Waals surface area contributed by atoms with Gasteiger partial charge in [-0.25, -0.2) is 0 Å². The zero-order chi connectivity index (χ0) is 21.8. The average Bonchev–Trinajstić information content (AvgIpc) is 3.35. The molecular weight excluding hydrogens is 418 g/mol. The van der Waals surface area contributed by atoms with Gasteiger partial charge in [-0.3, -0.25) is 19.2 Å². The number of nitrogens with one attached hydrogen (secondary N) is 3. The van der Waals surface area contributed by atoms with Gasteiger partial charge in [0, 0.05) is 25.6 Å². The van der Waals surface area contributed by atoms with Gasteiger partial charge < -0.3 is 25.8 Å². The third-order valence-corrected chi connectivity index (χ3v) is 7.13. The van der Waals surface area contributed by atoms with Crippen molar-refractivity contribution in [2.24, 2.45) is 5.92 Å². The van der Waals surface area contributed by atoms with Crippen molar-refractivity contribution < 1.29 is 19.2 Å². The zero-order valence-electron chi connectivity index (χ0n) is 17.5. The standard InChI is InChI=1S/C21H29N5O4S/c27-18-15(3-1-7-23-18)24-19(28)16-13-25(21(30)17-4-2-12-31-17)10-11-26(16)20(29)14-5-8-22-9-6-14/h2,4,12,14-16,22H,1,3,5-11,13H2,(H,23,27)(H,24,28). The second-order valence-corrected chi connectivity index (χ2v) is 9.24. The SMILES string of the molecule is O=C1NCCCC1NC(=O)C1CN(C(=O)c2cccs2)CCN1C(=O)C1CCNCC1. The van der Waals surface area contributed by atoms with Crippen LogP contribution in [0.2, 0.25) is 0 Å². The third-order valence-electron chi connectivity index (χ3n) is 6.28. The van der Waals surface area contributed by atoms with Crippen LogP contribution in [0, 0.1) is 5.92 Å². The molecule has 3 N–H and O–H groups in total. The molecule has 0 radical (unpaired) electrons. The lowest BCUT2D eigenvalue weighted by atomic mass is 9.95. The van der Waals surface area contributed by atoms with Crippen LogP contribution >= 0.6 is 11.3 Å². The van der Waals surface area contributed by atoms with Gasteiger partial charge in [-0.1, -0.05) is 6.07 Å². The van der Waals surface area contributed by atoms with Crippen LogP contribution in [0.1, 0.15) is 35.4 Å². The average molecular weight is 448 g/mol. The van der Waals surface area contributed by atoms with Gasteiger partial charge in [0.25, 0.3) is 5.91 Å². The summed E-state index contributed by atoms with van der Waals surface area (Å²) in [5, 5.41) is 10.7. The van der Waals surface area contributed by atoms with Gasteiger partial charge >= 0.3 is 0 Å². The van der Waals surface area contributed by atoms with Crippen LogP contribution in [0.15, 0.2) is 17.5 Å². The Hall–Kier alpha value is -2.46. The predicted molar refractivity (Wildman–Crippen MR) is 115 cm³/mol. The van der Waals surface area contributed by atoms with E-state index in [1.54, 1.807) is 15.9 Å². The molecule has 3 aliphatic rings. The number of carbonyl (C=O) groups excluding carboxylic acids is 4. The van der Waals surface area contributed by atoms with E-state index in [9.17, 15) is 19.2 Å². The lowest BCUT2D eigenvalue weighted by Crippen LogP contribution is -2.64. The number of hydrogen-bond acceptors (Lipinski definition) is 6. The molecule has 1 aromatic rings. The number of rotatable bonds is 4. The van der Waals surface area contributed by atoms with E-state index in [2.05, 4.69) is 16.0 Å². The smallest absolute Gasteiger partial charge is 0.264 e. The summed E-state index contributed by atoms with van der Waals surface area (Å²) < 4.78 is 0.